The fourth-order valence-electron chi connectivity index (χ4n) is 3.88. The zero-order valence-electron chi connectivity index (χ0n) is 16.9. The number of nitrogens with zero attached hydrogens (tertiary/aromatic N) is 5. The number of nitrogens with one attached hydrogen (secondary N) is 2. The van der Waals surface area contributed by atoms with Crippen molar-refractivity contribution in [2.24, 2.45) is 0 Å². The Hall–Kier alpha value is -3.40. The first kappa shape index (κ1) is 20.5. The van der Waals surface area contributed by atoms with Crippen molar-refractivity contribution in [1.29, 1.82) is 0 Å². The molecule has 0 bridgehead atoms. The average molecular weight is 458 g/mol. The SMILES string of the molecule is CC(Nc1ncnc2nc[nH]c12)c1cc2cccc(Cl)c2c(C(=O)N2CCC(F)(F)C2)n1. The fraction of sp³-hybridized carbons (Fsp3) is 0.286. The van der Waals surface area contributed by atoms with Crippen LogP contribution in [0.3, 0.4) is 0 Å². The Labute approximate surface area is 186 Å². The van der Waals surface area contributed by atoms with Gasteiger partial charge in [-0.15, -0.1) is 0 Å². The molecule has 0 spiro atoms. The summed E-state index contributed by atoms with van der Waals surface area (Å²) in [6.45, 7) is 1.20. The molecule has 0 radical (unpaired) electrons. The molecule has 2 N–H and O–H groups in total. The largest absolute Gasteiger partial charge is 0.360 e. The van der Waals surface area contributed by atoms with Crippen molar-refractivity contribution in [3.8, 4) is 0 Å². The number of pyridine rings is 1. The predicted molar refractivity (Wildman–Crippen MR) is 116 cm³/mol. The third kappa shape index (κ3) is 3.60. The number of aromatic nitrogens is 5. The number of imidazole rings is 1. The van der Waals surface area contributed by atoms with Crippen molar-refractivity contribution in [2.45, 2.75) is 25.3 Å². The highest BCUT2D eigenvalue weighted by Gasteiger charge is 2.41. The van der Waals surface area contributed by atoms with Gasteiger partial charge in [-0.1, -0.05) is 23.7 Å². The zero-order chi connectivity index (χ0) is 22.5. The third-order valence-electron chi connectivity index (χ3n) is 5.51. The summed E-state index contributed by atoms with van der Waals surface area (Å²) in [5, 5.41) is 4.73. The van der Waals surface area contributed by atoms with Crippen molar-refractivity contribution in [3.63, 3.8) is 0 Å². The lowest BCUT2D eigenvalue weighted by Crippen LogP contribution is -2.32. The molecule has 1 atom stereocenters. The van der Waals surface area contributed by atoms with Gasteiger partial charge in [0.15, 0.2) is 11.5 Å². The van der Waals surface area contributed by atoms with Crippen molar-refractivity contribution < 1.29 is 13.6 Å². The number of aromatic amines is 1. The first-order valence-electron chi connectivity index (χ1n) is 9.99. The summed E-state index contributed by atoms with van der Waals surface area (Å²) in [5.74, 6) is -2.93. The number of carbonyl (C=O) groups excluding carboxylic acids is 1. The van der Waals surface area contributed by atoms with Gasteiger partial charge in [0.2, 0.25) is 0 Å². The first-order valence-corrected chi connectivity index (χ1v) is 10.4. The number of benzene rings is 1. The quantitative estimate of drug-likeness (QED) is 0.476. The predicted octanol–water partition coefficient (Wildman–Crippen LogP) is 4.21. The Kier molecular flexibility index (Phi) is 4.89. The van der Waals surface area contributed by atoms with Crippen LogP contribution in [0.15, 0.2) is 36.9 Å². The third-order valence-corrected chi connectivity index (χ3v) is 5.82. The number of carbonyl (C=O) groups is 1. The monoisotopic (exact) mass is 457 g/mol. The molecule has 1 aromatic carbocycles. The van der Waals surface area contributed by atoms with Crippen molar-refractivity contribution in [3.05, 3.63) is 53.3 Å². The second-order valence-electron chi connectivity index (χ2n) is 7.76. The van der Waals surface area contributed by atoms with Gasteiger partial charge in [-0.05, 0) is 24.4 Å². The summed E-state index contributed by atoms with van der Waals surface area (Å²) < 4.78 is 27.5. The summed E-state index contributed by atoms with van der Waals surface area (Å²) in [5.41, 5.74) is 1.75. The number of fused-ring (bicyclic) bond motifs is 2. The molecule has 0 saturated carbocycles. The number of rotatable bonds is 4. The van der Waals surface area contributed by atoms with Gasteiger partial charge in [0, 0.05) is 18.4 Å². The molecule has 11 heteroatoms. The van der Waals surface area contributed by atoms with E-state index in [0.717, 1.165) is 4.90 Å². The van der Waals surface area contributed by atoms with Crippen LogP contribution in [0.4, 0.5) is 14.6 Å². The fourth-order valence-corrected chi connectivity index (χ4v) is 4.15. The van der Waals surface area contributed by atoms with Crippen LogP contribution in [0.2, 0.25) is 5.02 Å². The topological polar surface area (TPSA) is 99.7 Å². The molecule has 1 fully saturated rings. The summed E-state index contributed by atoms with van der Waals surface area (Å²) in [7, 11) is 0. The molecule has 0 aliphatic carbocycles. The van der Waals surface area contributed by atoms with E-state index in [1.54, 1.807) is 12.1 Å². The van der Waals surface area contributed by atoms with Gasteiger partial charge in [0.1, 0.15) is 17.5 Å². The lowest BCUT2D eigenvalue weighted by Gasteiger charge is -2.20. The standard InChI is InChI=1S/C21H18ClF2N7O/c1-11(29-19-17-18(26-9-25-17)27-10-28-19)14-7-12-3-2-4-13(22)15(12)16(30-14)20(32)31-6-5-21(23,24)8-31/h2-4,7,9-11H,5-6,8H2,1H3,(H2,25,26,27,28,29). The molecular weight excluding hydrogens is 440 g/mol. The van der Waals surface area contributed by atoms with Gasteiger partial charge >= 0.3 is 0 Å². The van der Waals surface area contributed by atoms with E-state index >= 15 is 0 Å². The lowest BCUT2D eigenvalue weighted by molar-refractivity contribution is 0.0119. The van der Waals surface area contributed by atoms with Crippen LogP contribution in [0.1, 0.15) is 35.6 Å². The van der Waals surface area contributed by atoms with Crippen LogP contribution in [0, 0.1) is 0 Å². The van der Waals surface area contributed by atoms with Crippen LogP contribution in [-0.4, -0.2) is 54.7 Å². The molecule has 1 amide bonds. The maximum Gasteiger partial charge on any atom is 0.273 e. The van der Waals surface area contributed by atoms with Gasteiger partial charge in [0.05, 0.1) is 29.6 Å². The Morgan fingerprint density at radius 2 is 2.16 bits per heavy atom. The Balaban J connectivity index is 1.55. The van der Waals surface area contributed by atoms with Crippen LogP contribution in [0.25, 0.3) is 21.9 Å². The van der Waals surface area contributed by atoms with E-state index in [2.05, 4.69) is 30.2 Å². The number of H-pyrrole nitrogens is 1. The number of hydrogen-bond acceptors (Lipinski definition) is 6. The van der Waals surface area contributed by atoms with Gasteiger partial charge < -0.3 is 15.2 Å². The average Bonchev–Trinajstić information content (AvgIpc) is 3.39. The molecule has 4 aromatic rings. The Morgan fingerprint density at radius 1 is 1.31 bits per heavy atom. The zero-order valence-corrected chi connectivity index (χ0v) is 17.7. The normalized spacial score (nSPS) is 16.6. The van der Waals surface area contributed by atoms with Crippen LogP contribution in [0.5, 0.6) is 0 Å². The van der Waals surface area contributed by atoms with Gasteiger partial charge in [-0.3, -0.25) is 4.79 Å². The highest BCUT2D eigenvalue weighted by molar-refractivity contribution is 6.36. The molecule has 5 rings (SSSR count). The van der Waals surface area contributed by atoms with E-state index < -0.39 is 18.4 Å². The minimum atomic E-state index is -2.90. The number of amides is 1. The molecule has 1 unspecified atom stereocenters. The number of halogens is 3. The summed E-state index contributed by atoms with van der Waals surface area (Å²) in [6, 6.07) is 6.68. The Bertz CT molecular complexity index is 1340. The van der Waals surface area contributed by atoms with Crippen LogP contribution in [-0.2, 0) is 0 Å². The highest BCUT2D eigenvalue weighted by atomic mass is 35.5. The first-order chi connectivity index (χ1) is 15.3. The summed E-state index contributed by atoms with van der Waals surface area (Å²) in [4.78, 5) is 34.3. The molecular formula is C21H18ClF2N7O. The van der Waals surface area contributed by atoms with Crippen LogP contribution < -0.4 is 5.32 Å². The molecule has 164 valence electrons. The smallest absolute Gasteiger partial charge is 0.273 e. The second kappa shape index (κ2) is 7.63. The van der Waals surface area contributed by atoms with Crippen molar-refractivity contribution in [2.75, 3.05) is 18.4 Å². The molecule has 3 aromatic heterocycles. The summed E-state index contributed by atoms with van der Waals surface area (Å²) in [6.07, 6.45) is 2.55. The van der Waals surface area contributed by atoms with E-state index in [1.165, 1.54) is 12.7 Å². The minimum absolute atomic E-state index is 0.0315. The van der Waals surface area contributed by atoms with Gasteiger partial charge in [-0.25, -0.2) is 28.7 Å². The molecule has 1 saturated heterocycles. The van der Waals surface area contributed by atoms with Crippen LogP contribution >= 0.6 is 11.6 Å². The molecule has 8 nitrogen and oxygen atoms in total. The van der Waals surface area contributed by atoms with E-state index in [9.17, 15) is 13.6 Å². The number of hydrogen-bond donors (Lipinski definition) is 2. The molecule has 1 aliphatic rings. The van der Waals surface area contributed by atoms with Crippen molar-refractivity contribution >= 4 is 45.3 Å². The molecule has 32 heavy (non-hydrogen) atoms. The van der Waals surface area contributed by atoms with E-state index in [1.807, 2.05) is 19.1 Å². The van der Waals surface area contributed by atoms with E-state index in [0.29, 0.717) is 38.5 Å². The second-order valence-corrected chi connectivity index (χ2v) is 8.16. The summed E-state index contributed by atoms with van der Waals surface area (Å²) >= 11 is 6.38. The lowest BCUT2D eigenvalue weighted by atomic mass is 10.0. The maximum absolute atomic E-state index is 13.7. The highest BCUT2D eigenvalue weighted by Crippen LogP contribution is 2.33. The van der Waals surface area contributed by atoms with Gasteiger partial charge in [0.25, 0.3) is 11.8 Å². The number of alkyl halides is 2. The van der Waals surface area contributed by atoms with Crippen molar-refractivity contribution in [1.82, 2.24) is 29.8 Å². The number of likely N-dealkylation sites (tertiary alicyclic amines) is 1. The number of anilines is 1. The molecule has 4 heterocycles. The van der Waals surface area contributed by atoms with E-state index in [4.69, 9.17) is 11.6 Å². The van der Waals surface area contributed by atoms with Gasteiger partial charge in [-0.2, -0.15) is 0 Å². The Morgan fingerprint density at radius 3 is 2.94 bits per heavy atom. The minimum Gasteiger partial charge on any atom is -0.360 e. The maximum atomic E-state index is 13.7. The molecule has 1 aliphatic heterocycles. The van der Waals surface area contributed by atoms with E-state index in [-0.39, 0.29) is 24.7 Å².